The Morgan fingerprint density at radius 1 is 1.17 bits per heavy atom. The summed E-state index contributed by atoms with van der Waals surface area (Å²) >= 11 is 5.93. The lowest BCUT2D eigenvalue weighted by atomic mass is 10.0. The molecule has 2 aromatic rings. The standard InChI is InChI=1S/C22H26ClN3O4/c1-5-30-19-11-15(9-10-18(19)29-4)13-24-26-22(28)20(14(2)3)25-21(27)16-7-6-8-17(23)12-16/h6-14,20H,5H2,1-4H3,(H,25,27)(H,26,28)/b24-13+. The molecule has 0 aliphatic rings. The normalized spacial score (nSPS) is 11.9. The van der Waals surface area contributed by atoms with E-state index in [1.807, 2.05) is 20.8 Å². The van der Waals surface area contributed by atoms with Crippen molar-refractivity contribution >= 4 is 29.6 Å². The average Bonchev–Trinajstić information content (AvgIpc) is 2.72. The predicted octanol–water partition coefficient (Wildman–Crippen LogP) is 3.65. The molecule has 0 aliphatic carbocycles. The van der Waals surface area contributed by atoms with Crippen LogP contribution in [0.25, 0.3) is 0 Å². The molecule has 8 heteroatoms. The Labute approximate surface area is 181 Å². The second-order valence-electron chi connectivity index (χ2n) is 6.78. The zero-order valence-corrected chi connectivity index (χ0v) is 18.2. The fraction of sp³-hybridized carbons (Fsp3) is 0.318. The zero-order valence-electron chi connectivity index (χ0n) is 17.4. The number of nitrogens with one attached hydrogen (secondary N) is 2. The zero-order chi connectivity index (χ0) is 22.1. The van der Waals surface area contributed by atoms with E-state index < -0.39 is 11.9 Å². The Hall–Kier alpha value is -3.06. The van der Waals surface area contributed by atoms with E-state index in [-0.39, 0.29) is 11.8 Å². The van der Waals surface area contributed by atoms with Crippen molar-refractivity contribution in [2.24, 2.45) is 11.0 Å². The average molecular weight is 432 g/mol. The Balaban J connectivity index is 2.04. The Kier molecular flexibility index (Phi) is 8.68. The monoisotopic (exact) mass is 431 g/mol. The van der Waals surface area contributed by atoms with Gasteiger partial charge < -0.3 is 14.8 Å². The van der Waals surface area contributed by atoms with Crippen LogP contribution in [0.2, 0.25) is 5.02 Å². The SMILES string of the molecule is CCOc1cc(/C=N/NC(=O)C(NC(=O)c2cccc(Cl)c2)C(C)C)ccc1OC. The first-order valence-corrected chi connectivity index (χ1v) is 9.93. The lowest BCUT2D eigenvalue weighted by molar-refractivity contribution is -0.123. The van der Waals surface area contributed by atoms with E-state index in [0.717, 1.165) is 5.56 Å². The third-order valence-corrected chi connectivity index (χ3v) is 4.43. The van der Waals surface area contributed by atoms with Gasteiger partial charge >= 0.3 is 0 Å². The van der Waals surface area contributed by atoms with E-state index in [1.54, 1.807) is 49.6 Å². The van der Waals surface area contributed by atoms with Crippen molar-refractivity contribution in [3.63, 3.8) is 0 Å². The summed E-state index contributed by atoms with van der Waals surface area (Å²) in [5.41, 5.74) is 3.58. The smallest absolute Gasteiger partial charge is 0.262 e. The number of halogens is 1. The molecule has 2 rings (SSSR count). The highest BCUT2D eigenvalue weighted by atomic mass is 35.5. The van der Waals surface area contributed by atoms with Crippen molar-refractivity contribution in [3.8, 4) is 11.5 Å². The summed E-state index contributed by atoms with van der Waals surface area (Å²) in [7, 11) is 1.57. The Morgan fingerprint density at radius 2 is 1.93 bits per heavy atom. The van der Waals surface area contributed by atoms with Gasteiger partial charge in [0.15, 0.2) is 11.5 Å². The molecule has 2 amide bonds. The number of benzene rings is 2. The van der Waals surface area contributed by atoms with Gasteiger partial charge in [-0.2, -0.15) is 5.10 Å². The number of hydrazone groups is 1. The van der Waals surface area contributed by atoms with Gasteiger partial charge in [0.1, 0.15) is 6.04 Å². The van der Waals surface area contributed by atoms with Crippen LogP contribution in [0.5, 0.6) is 11.5 Å². The van der Waals surface area contributed by atoms with Crippen LogP contribution < -0.4 is 20.2 Å². The van der Waals surface area contributed by atoms with Crippen molar-refractivity contribution in [2.75, 3.05) is 13.7 Å². The van der Waals surface area contributed by atoms with Gasteiger partial charge in [0.2, 0.25) is 0 Å². The summed E-state index contributed by atoms with van der Waals surface area (Å²) in [4.78, 5) is 25.0. The van der Waals surface area contributed by atoms with Gasteiger partial charge in [-0.3, -0.25) is 9.59 Å². The maximum atomic E-state index is 12.6. The van der Waals surface area contributed by atoms with E-state index >= 15 is 0 Å². The minimum Gasteiger partial charge on any atom is -0.493 e. The van der Waals surface area contributed by atoms with Crippen LogP contribution in [-0.2, 0) is 4.79 Å². The van der Waals surface area contributed by atoms with Gasteiger partial charge in [0, 0.05) is 10.6 Å². The number of carbonyl (C=O) groups excluding carboxylic acids is 2. The number of hydrogen-bond donors (Lipinski definition) is 2. The number of rotatable bonds is 9. The van der Waals surface area contributed by atoms with E-state index in [4.69, 9.17) is 21.1 Å². The molecule has 0 radical (unpaired) electrons. The van der Waals surface area contributed by atoms with E-state index in [2.05, 4.69) is 15.8 Å². The third kappa shape index (κ3) is 6.49. The lowest BCUT2D eigenvalue weighted by Gasteiger charge is -2.20. The molecule has 0 aromatic heterocycles. The van der Waals surface area contributed by atoms with Crippen LogP contribution in [0.4, 0.5) is 0 Å². The fourth-order valence-electron chi connectivity index (χ4n) is 2.67. The van der Waals surface area contributed by atoms with Crippen molar-refractivity contribution in [1.29, 1.82) is 0 Å². The third-order valence-electron chi connectivity index (χ3n) is 4.20. The van der Waals surface area contributed by atoms with Crippen LogP contribution in [0, 0.1) is 5.92 Å². The molecule has 0 bridgehead atoms. The summed E-state index contributed by atoms with van der Waals surface area (Å²) in [5.74, 6) is 0.252. The number of methoxy groups -OCH3 is 1. The van der Waals surface area contributed by atoms with Gasteiger partial charge in [0.05, 0.1) is 19.9 Å². The van der Waals surface area contributed by atoms with E-state index in [9.17, 15) is 9.59 Å². The minimum atomic E-state index is -0.761. The molecule has 0 saturated heterocycles. The molecule has 7 nitrogen and oxygen atoms in total. The van der Waals surface area contributed by atoms with E-state index in [1.165, 1.54) is 6.21 Å². The summed E-state index contributed by atoms with van der Waals surface area (Å²) in [6.45, 7) is 6.05. The maximum Gasteiger partial charge on any atom is 0.262 e. The molecule has 1 atom stereocenters. The summed E-state index contributed by atoms with van der Waals surface area (Å²) < 4.78 is 10.8. The number of ether oxygens (including phenoxy) is 2. The van der Waals surface area contributed by atoms with Gasteiger partial charge in [0.25, 0.3) is 11.8 Å². The molecular weight excluding hydrogens is 406 g/mol. The fourth-order valence-corrected chi connectivity index (χ4v) is 2.86. The first kappa shape index (κ1) is 23.2. The van der Waals surface area contributed by atoms with Crippen molar-refractivity contribution in [2.45, 2.75) is 26.8 Å². The van der Waals surface area contributed by atoms with Crippen LogP contribution in [0.15, 0.2) is 47.6 Å². The largest absolute Gasteiger partial charge is 0.493 e. The molecule has 0 spiro atoms. The second-order valence-corrected chi connectivity index (χ2v) is 7.22. The van der Waals surface area contributed by atoms with Gasteiger partial charge in [-0.05, 0) is 54.8 Å². The highest BCUT2D eigenvalue weighted by molar-refractivity contribution is 6.31. The first-order chi connectivity index (χ1) is 14.3. The highest BCUT2D eigenvalue weighted by Crippen LogP contribution is 2.27. The topological polar surface area (TPSA) is 89.0 Å². The maximum absolute atomic E-state index is 12.6. The Morgan fingerprint density at radius 3 is 2.57 bits per heavy atom. The predicted molar refractivity (Wildman–Crippen MR) is 117 cm³/mol. The molecule has 0 fully saturated rings. The second kappa shape index (κ2) is 11.2. The van der Waals surface area contributed by atoms with Gasteiger partial charge in [-0.1, -0.05) is 31.5 Å². The molecule has 0 heterocycles. The molecule has 0 saturated carbocycles. The van der Waals surface area contributed by atoms with Crippen LogP contribution >= 0.6 is 11.6 Å². The molecule has 2 aromatic carbocycles. The van der Waals surface area contributed by atoms with Crippen LogP contribution in [0.3, 0.4) is 0 Å². The minimum absolute atomic E-state index is 0.145. The van der Waals surface area contributed by atoms with Crippen molar-refractivity contribution in [3.05, 3.63) is 58.6 Å². The highest BCUT2D eigenvalue weighted by Gasteiger charge is 2.24. The number of carbonyl (C=O) groups is 2. The van der Waals surface area contributed by atoms with Crippen LogP contribution in [0.1, 0.15) is 36.7 Å². The van der Waals surface area contributed by atoms with Crippen LogP contribution in [-0.4, -0.2) is 37.8 Å². The molecule has 30 heavy (non-hydrogen) atoms. The number of amides is 2. The molecule has 160 valence electrons. The number of nitrogens with zero attached hydrogens (tertiary/aromatic N) is 1. The lowest BCUT2D eigenvalue weighted by Crippen LogP contribution is -2.48. The first-order valence-electron chi connectivity index (χ1n) is 9.55. The number of hydrogen-bond acceptors (Lipinski definition) is 5. The Bertz CT molecular complexity index is 915. The summed E-state index contributed by atoms with van der Waals surface area (Å²) in [5, 5.41) is 7.18. The van der Waals surface area contributed by atoms with Crippen molar-refractivity contribution in [1.82, 2.24) is 10.7 Å². The quantitative estimate of drug-likeness (QED) is 0.468. The van der Waals surface area contributed by atoms with E-state index in [0.29, 0.717) is 28.7 Å². The molecule has 0 aliphatic heterocycles. The molecule has 1 unspecified atom stereocenters. The summed E-state index contributed by atoms with van der Waals surface area (Å²) in [6.07, 6.45) is 1.50. The van der Waals surface area contributed by atoms with Crippen molar-refractivity contribution < 1.29 is 19.1 Å². The summed E-state index contributed by atoms with van der Waals surface area (Å²) in [6, 6.07) is 11.1. The molecule has 2 N–H and O–H groups in total. The van der Waals surface area contributed by atoms with Gasteiger partial charge in [-0.15, -0.1) is 0 Å². The van der Waals surface area contributed by atoms with Gasteiger partial charge in [-0.25, -0.2) is 5.43 Å². The molecular formula is C22H26ClN3O4.